The van der Waals surface area contributed by atoms with Crippen molar-refractivity contribution in [1.29, 1.82) is 0 Å². The van der Waals surface area contributed by atoms with E-state index in [1.54, 1.807) is 0 Å². The molecule has 0 aliphatic heterocycles. The highest BCUT2D eigenvalue weighted by atomic mass is 16.3. The Hall–Kier alpha value is -9.60. The monoisotopic (exact) mass is 1120 g/mol. The summed E-state index contributed by atoms with van der Waals surface area (Å²) in [6.07, 6.45) is 0. The molecule has 0 fully saturated rings. The summed E-state index contributed by atoms with van der Waals surface area (Å²) in [5.74, 6) is 0.546. The smallest absolute Gasteiger partial charge is 0.147 e. The van der Waals surface area contributed by atoms with Crippen molar-refractivity contribution < 1.29 is 20.4 Å². The van der Waals surface area contributed by atoms with Crippen LogP contribution in [0.25, 0.3) is 66.9 Å². The van der Waals surface area contributed by atoms with Crippen LogP contribution < -0.4 is 0 Å². The molecular weight excluding hydrogens is 1060 g/mol. The van der Waals surface area contributed by atoms with E-state index in [1.807, 2.05) is 201 Å². The number of hydrogen-bond donors (Lipinski definition) is 4. The second-order valence-corrected chi connectivity index (χ2v) is 22.1. The van der Waals surface area contributed by atoms with Gasteiger partial charge in [-0.15, -0.1) is 60.0 Å². The number of aryl methyl sites for hydroxylation is 4. The maximum Gasteiger partial charge on any atom is 0.147 e. The quantitative estimate of drug-likeness (QED) is 0.0629. The predicted octanol–water partition coefficient (Wildman–Crippen LogP) is 9.49. The standard InChI is InChI=1S/2C32H34N8O2/c2*1-21-15-23(31(41)29(17-21)39-33-25-9-5-6-10-26(25)34-39)19-38(14-13-37(3)4)20-24-16-22(2)18-30(32(24)42)40-35-27-11-7-8-12-28(27)36-40/h2*5-12,15-18,41-42H,13-14,19-20H2,1-4H3. The summed E-state index contributed by atoms with van der Waals surface area (Å²) in [7, 11) is 8.13. The third kappa shape index (κ3) is 12.4. The number of aromatic hydroxyl groups is 4. The van der Waals surface area contributed by atoms with E-state index in [-0.39, 0.29) is 23.0 Å². The molecule has 428 valence electrons. The fourth-order valence-electron chi connectivity index (χ4n) is 10.4. The predicted molar refractivity (Wildman–Crippen MR) is 326 cm³/mol. The van der Waals surface area contributed by atoms with Gasteiger partial charge in [0.15, 0.2) is 0 Å². The highest BCUT2D eigenvalue weighted by molar-refractivity contribution is 5.76. The molecule has 0 atom stereocenters. The lowest BCUT2D eigenvalue weighted by Crippen LogP contribution is -2.31. The summed E-state index contributed by atoms with van der Waals surface area (Å²) in [6.45, 7) is 12.9. The first-order chi connectivity index (χ1) is 40.5. The molecule has 4 N–H and O–H groups in total. The summed E-state index contributed by atoms with van der Waals surface area (Å²) in [5.41, 5.74) is 15.2. The van der Waals surface area contributed by atoms with Crippen molar-refractivity contribution in [2.24, 2.45) is 0 Å². The SMILES string of the molecule is Cc1cc(CN(CCN(C)C)Cc2cc(C)cc(-n3nc4ccccc4n3)c2O)c(O)c(-n2nc3ccccc3n2)c1.Cc1cc(CN(CCN(C)C)Cc2cc(C)cc(-n3nc4ccccc4n3)c2O)c(O)c(-n2nc3ccccc3n2)c1. The van der Waals surface area contributed by atoms with Gasteiger partial charge in [-0.2, -0.15) is 0 Å². The van der Waals surface area contributed by atoms with Gasteiger partial charge < -0.3 is 30.2 Å². The Balaban J connectivity index is 0.000000175. The third-order valence-corrected chi connectivity index (χ3v) is 14.6. The van der Waals surface area contributed by atoms with Crippen LogP contribution in [0.3, 0.4) is 0 Å². The molecule has 8 aromatic carbocycles. The van der Waals surface area contributed by atoms with Gasteiger partial charge in [-0.3, -0.25) is 9.80 Å². The van der Waals surface area contributed by atoms with Crippen LogP contribution in [0, 0.1) is 27.7 Å². The van der Waals surface area contributed by atoms with Gasteiger partial charge in [0.25, 0.3) is 0 Å². The molecule has 20 heteroatoms. The number of fused-ring (bicyclic) bond motifs is 4. The van der Waals surface area contributed by atoms with Gasteiger partial charge in [0.2, 0.25) is 0 Å². The van der Waals surface area contributed by atoms with Gasteiger partial charge in [0, 0.05) is 74.6 Å². The molecule has 0 bridgehead atoms. The van der Waals surface area contributed by atoms with E-state index in [0.29, 0.717) is 62.0 Å². The van der Waals surface area contributed by atoms with Crippen molar-refractivity contribution >= 4 is 44.1 Å². The fraction of sp³-hybridized carbons (Fsp3) is 0.250. The molecule has 0 spiro atoms. The topological polar surface area (TPSA) is 217 Å². The summed E-state index contributed by atoms with van der Waals surface area (Å²) in [4.78, 5) is 14.7. The number of likely N-dealkylation sites (N-methyl/N-ethyl adjacent to an activating group) is 2. The minimum Gasteiger partial charge on any atom is -0.505 e. The van der Waals surface area contributed by atoms with Crippen LogP contribution in [0.15, 0.2) is 146 Å². The molecule has 4 heterocycles. The lowest BCUT2D eigenvalue weighted by atomic mass is 10.1. The zero-order valence-electron chi connectivity index (χ0n) is 48.5. The second-order valence-electron chi connectivity index (χ2n) is 22.1. The molecule has 84 heavy (non-hydrogen) atoms. The van der Waals surface area contributed by atoms with Crippen LogP contribution in [0.4, 0.5) is 0 Å². The zero-order valence-corrected chi connectivity index (χ0v) is 48.5. The van der Waals surface area contributed by atoms with E-state index < -0.39 is 0 Å². The Kier molecular flexibility index (Phi) is 16.1. The van der Waals surface area contributed by atoms with E-state index in [1.165, 1.54) is 19.2 Å². The molecule has 0 aliphatic carbocycles. The molecule has 12 aromatic rings. The molecule has 0 saturated heterocycles. The van der Waals surface area contributed by atoms with Crippen LogP contribution in [-0.4, -0.2) is 154 Å². The van der Waals surface area contributed by atoms with Crippen LogP contribution >= 0.6 is 0 Å². The number of benzene rings is 8. The Bertz CT molecular complexity index is 3660. The van der Waals surface area contributed by atoms with Gasteiger partial charge in [-0.1, -0.05) is 72.8 Å². The number of nitrogens with zero attached hydrogens (tertiary/aromatic N) is 16. The molecule has 0 saturated carbocycles. The summed E-state index contributed by atoms with van der Waals surface area (Å²) in [5, 5.41) is 82.4. The Morgan fingerprint density at radius 3 is 0.667 bits per heavy atom. The van der Waals surface area contributed by atoms with Crippen LogP contribution in [0.5, 0.6) is 23.0 Å². The first-order valence-electron chi connectivity index (χ1n) is 27.8. The number of aromatic nitrogens is 12. The summed E-state index contributed by atoms with van der Waals surface area (Å²) < 4.78 is 0. The Morgan fingerprint density at radius 2 is 0.488 bits per heavy atom. The van der Waals surface area contributed by atoms with Crippen molar-refractivity contribution in [2.75, 3.05) is 54.4 Å². The van der Waals surface area contributed by atoms with E-state index in [0.717, 1.165) is 102 Å². The number of phenolic OH excluding ortho intramolecular Hbond substituents is 4. The molecule has 0 aliphatic rings. The number of rotatable bonds is 18. The maximum atomic E-state index is 11.4. The van der Waals surface area contributed by atoms with E-state index >= 15 is 0 Å². The van der Waals surface area contributed by atoms with Crippen molar-refractivity contribution in [3.8, 4) is 45.7 Å². The lowest BCUT2D eigenvalue weighted by molar-refractivity contribution is 0.221. The zero-order chi connectivity index (χ0) is 58.8. The first-order valence-corrected chi connectivity index (χ1v) is 27.8. The van der Waals surface area contributed by atoms with Crippen molar-refractivity contribution in [1.82, 2.24) is 79.6 Å². The van der Waals surface area contributed by atoms with Crippen molar-refractivity contribution in [3.05, 3.63) is 190 Å². The summed E-state index contributed by atoms with van der Waals surface area (Å²) in [6, 6.07) is 46.1. The van der Waals surface area contributed by atoms with E-state index in [4.69, 9.17) is 0 Å². The van der Waals surface area contributed by atoms with Crippen LogP contribution in [0.2, 0.25) is 0 Å². The average Bonchev–Trinajstić information content (AvgIpc) is 3.96. The molecule has 20 nitrogen and oxygen atoms in total. The minimum atomic E-state index is 0.136. The van der Waals surface area contributed by atoms with Crippen molar-refractivity contribution in [3.63, 3.8) is 0 Å². The van der Waals surface area contributed by atoms with Crippen LogP contribution in [0.1, 0.15) is 44.5 Å². The van der Waals surface area contributed by atoms with Crippen LogP contribution in [-0.2, 0) is 26.2 Å². The number of phenols is 4. The highest BCUT2D eigenvalue weighted by Gasteiger charge is 2.23. The Morgan fingerprint density at radius 1 is 0.298 bits per heavy atom. The molecular formula is C64H68N16O4. The summed E-state index contributed by atoms with van der Waals surface area (Å²) >= 11 is 0. The normalized spacial score (nSPS) is 11.9. The van der Waals surface area contributed by atoms with Gasteiger partial charge in [-0.25, -0.2) is 0 Å². The average molecular weight is 1130 g/mol. The van der Waals surface area contributed by atoms with Gasteiger partial charge in [-0.05, 0) is 151 Å². The van der Waals surface area contributed by atoms with E-state index in [2.05, 4.69) is 60.4 Å². The number of hydrogen-bond acceptors (Lipinski definition) is 16. The molecule has 0 radical (unpaired) electrons. The first kappa shape index (κ1) is 56.3. The molecule has 0 amide bonds. The van der Waals surface area contributed by atoms with E-state index in [9.17, 15) is 20.4 Å². The molecule has 0 unspecified atom stereocenters. The third-order valence-electron chi connectivity index (χ3n) is 14.6. The minimum absolute atomic E-state index is 0.136. The molecule has 12 rings (SSSR count). The largest absolute Gasteiger partial charge is 0.505 e. The van der Waals surface area contributed by atoms with Crippen molar-refractivity contribution in [2.45, 2.75) is 53.9 Å². The van der Waals surface area contributed by atoms with Gasteiger partial charge in [0.05, 0.1) is 0 Å². The van der Waals surface area contributed by atoms with Gasteiger partial charge >= 0.3 is 0 Å². The second kappa shape index (κ2) is 24.1. The maximum absolute atomic E-state index is 11.4. The lowest BCUT2D eigenvalue weighted by Gasteiger charge is -2.26. The highest BCUT2D eigenvalue weighted by Crippen LogP contribution is 2.35. The van der Waals surface area contributed by atoms with Gasteiger partial charge in [0.1, 0.15) is 89.9 Å². The molecule has 4 aromatic heterocycles. The fourth-order valence-corrected chi connectivity index (χ4v) is 10.4. The Labute approximate surface area is 486 Å².